The SMILES string of the molecule is CC/C=C\C/C=C\C/C=C\C/C=C\CCCCCOCC(CO)OC(=O)CCCCCCCCCCCCCCCCCCCCCCC. The zero-order chi connectivity index (χ0) is 35.6. The minimum absolute atomic E-state index is 0.184. The zero-order valence-electron chi connectivity index (χ0n) is 32.7. The Morgan fingerprint density at radius 3 is 1.37 bits per heavy atom. The molecule has 0 aromatic rings. The molecule has 1 N–H and O–H groups in total. The Bertz CT molecular complexity index is 768. The van der Waals surface area contributed by atoms with Gasteiger partial charge in [0, 0.05) is 13.0 Å². The van der Waals surface area contributed by atoms with Gasteiger partial charge in [-0.05, 0) is 51.4 Å². The Balaban J connectivity index is 3.44. The number of carbonyl (C=O) groups is 1. The maximum absolute atomic E-state index is 12.2. The second-order valence-electron chi connectivity index (χ2n) is 14.0. The number of aliphatic hydroxyl groups is 1. The van der Waals surface area contributed by atoms with Crippen molar-refractivity contribution in [3.63, 3.8) is 0 Å². The second-order valence-corrected chi connectivity index (χ2v) is 14.0. The summed E-state index contributed by atoms with van der Waals surface area (Å²) in [7, 11) is 0. The van der Waals surface area contributed by atoms with E-state index in [9.17, 15) is 9.90 Å². The Hall–Kier alpha value is -1.65. The third kappa shape index (κ3) is 40.7. The van der Waals surface area contributed by atoms with Crippen LogP contribution < -0.4 is 0 Å². The number of hydrogen-bond donors (Lipinski definition) is 1. The molecule has 0 radical (unpaired) electrons. The Kier molecular flexibility index (Phi) is 41.1. The number of unbranched alkanes of at least 4 members (excludes halogenated alkanes) is 23. The molecule has 0 aromatic carbocycles. The number of allylic oxidation sites excluding steroid dienone is 8. The molecule has 0 bridgehead atoms. The topological polar surface area (TPSA) is 55.8 Å². The van der Waals surface area contributed by atoms with Gasteiger partial charge in [0.25, 0.3) is 0 Å². The predicted octanol–water partition coefficient (Wildman–Crippen LogP) is 13.9. The van der Waals surface area contributed by atoms with Crippen molar-refractivity contribution >= 4 is 5.97 Å². The van der Waals surface area contributed by atoms with Gasteiger partial charge in [0.2, 0.25) is 0 Å². The van der Waals surface area contributed by atoms with Gasteiger partial charge >= 0.3 is 5.97 Å². The lowest BCUT2D eigenvalue weighted by Crippen LogP contribution is -2.27. The average molecular weight is 687 g/mol. The van der Waals surface area contributed by atoms with Gasteiger partial charge in [0.1, 0.15) is 6.10 Å². The highest BCUT2D eigenvalue weighted by Crippen LogP contribution is 2.15. The maximum Gasteiger partial charge on any atom is 0.306 e. The standard InChI is InChI=1S/C45H82O4/c1-3-5-7-9-11-13-15-17-19-21-22-23-24-25-26-28-30-32-34-36-38-40-45(47)49-44(42-46)43-48-41-39-37-35-33-31-29-27-20-18-16-14-12-10-8-6-4-2/h6,8,12,14,18,20,29,31,44,46H,3-5,7,9-11,13,15-17,19,21-28,30,32-43H2,1-2H3/b8-6-,14-12-,20-18-,31-29-. The van der Waals surface area contributed by atoms with Crippen molar-refractivity contribution in [3.8, 4) is 0 Å². The van der Waals surface area contributed by atoms with Crippen LogP contribution in [0.15, 0.2) is 48.6 Å². The second kappa shape index (κ2) is 42.5. The number of aliphatic hydroxyl groups excluding tert-OH is 1. The van der Waals surface area contributed by atoms with Crippen LogP contribution in [0.25, 0.3) is 0 Å². The Labute approximate surface area is 305 Å². The first kappa shape index (κ1) is 47.4. The summed E-state index contributed by atoms with van der Waals surface area (Å²) in [6.07, 6.45) is 54.6. The van der Waals surface area contributed by atoms with Gasteiger partial charge < -0.3 is 14.6 Å². The number of hydrogen-bond acceptors (Lipinski definition) is 4. The molecule has 0 aliphatic rings. The normalized spacial score (nSPS) is 12.8. The third-order valence-corrected chi connectivity index (χ3v) is 9.17. The van der Waals surface area contributed by atoms with Gasteiger partial charge in [-0.25, -0.2) is 0 Å². The fourth-order valence-corrected chi connectivity index (χ4v) is 6.03. The van der Waals surface area contributed by atoms with E-state index in [2.05, 4.69) is 62.5 Å². The lowest BCUT2D eigenvalue weighted by atomic mass is 10.0. The summed E-state index contributed by atoms with van der Waals surface area (Å²) in [6.45, 7) is 5.18. The summed E-state index contributed by atoms with van der Waals surface area (Å²) in [5.74, 6) is -0.210. The van der Waals surface area contributed by atoms with E-state index in [0.29, 0.717) is 13.0 Å². The molecular weight excluding hydrogens is 604 g/mol. The van der Waals surface area contributed by atoms with Gasteiger partial charge in [-0.3, -0.25) is 4.79 Å². The smallest absolute Gasteiger partial charge is 0.306 e. The zero-order valence-corrected chi connectivity index (χ0v) is 32.7. The molecule has 0 aliphatic carbocycles. The van der Waals surface area contributed by atoms with E-state index in [-0.39, 0.29) is 19.2 Å². The first-order valence-electron chi connectivity index (χ1n) is 21.2. The number of carbonyl (C=O) groups excluding carboxylic acids is 1. The molecule has 0 fully saturated rings. The van der Waals surface area contributed by atoms with Crippen molar-refractivity contribution in [2.45, 2.75) is 213 Å². The van der Waals surface area contributed by atoms with E-state index < -0.39 is 6.10 Å². The van der Waals surface area contributed by atoms with Crippen LogP contribution in [0.2, 0.25) is 0 Å². The molecule has 1 unspecified atom stereocenters. The minimum atomic E-state index is -0.549. The van der Waals surface area contributed by atoms with Crippen molar-refractivity contribution in [1.29, 1.82) is 0 Å². The summed E-state index contributed by atoms with van der Waals surface area (Å²) < 4.78 is 11.1. The molecular formula is C45H82O4. The molecule has 1 atom stereocenters. The van der Waals surface area contributed by atoms with Crippen LogP contribution in [0.3, 0.4) is 0 Å². The van der Waals surface area contributed by atoms with E-state index in [1.165, 1.54) is 122 Å². The largest absolute Gasteiger partial charge is 0.457 e. The van der Waals surface area contributed by atoms with E-state index in [4.69, 9.17) is 9.47 Å². The molecule has 0 heterocycles. The van der Waals surface area contributed by atoms with Crippen LogP contribution in [-0.2, 0) is 14.3 Å². The van der Waals surface area contributed by atoms with Gasteiger partial charge in [-0.1, -0.05) is 197 Å². The molecule has 0 saturated carbocycles. The minimum Gasteiger partial charge on any atom is -0.457 e. The highest BCUT2D eigenvalue weighted by molar-refractivity contribution is 5.69. The van der Waals surface area contributed by atoms with Gasteiger partial charge in [0.15, 0.2) is 0 Å². The van der Waals surface area contributed by atoms with Crippen LogP contribution in [0.5, 0.6) is 0 Å². The van der Waals surface area contributed by atoms with Crippen LogP contribution >= 0.6 is 0 Å². The van der Waals surface area contributed by atoms with Crippen molar-refractivity contribution in [3.05, 3.63) is 48.6 Å². The third-order valence-electron chi connectivity index (χ3n) is 9.17. The number of ether oxygens (including phenoxy) is 2. The maximum atomic E-state index is 12.2. The first-order valence-corrected chi connectivity index (χ1v) is 21.2. The van der Waals surface area contributed by atoms with Crippen molar-refractivity contribution in [2.24, 2.45) is 0 Å². The van der Waals surface area contributed by atoms with Crippen molar-refractivity contribution in [2.75, 3.05) is 19.8 Å². The summed E-state index contributed by atoms with van der Waals surface area (Å²) in [4.78, 5) is 12.2. The highest BCUT2D eigenvalue weighted by atomic mass is 16.6. The number of esters is 1. The van der Waals surface area contributed by atoms with Crippen LogP contribution in [0, 0.1) is 0 Å². The summed E-state index contributed by atoms with van der Waals surface area (Å²) in [5.41, 5.74) is 0. The lowest BCUT2D eigenvalue weighted by Gasteiger charge is -2.15. The molecule has 0 aromatic heterocycles. The van der Waals surface area contributed by atoms with Crippen LogP contribution in [-0.4, -0.2) is 37.0 Å². The molecule has 4 nitrogen and oxygen atoms in total. The van der Waals surface area contributed by atoms with E-state index >= 15 is 0 Å². The van der Waals surface area contributed by atoms with Gasteiger partial charge in [-0.2, -0.15) is 0 Å². The predicted molar refractivity (Wildman–Crippen MR) is 214 cm³/mol. The average Bonchev–Trinajstić information content (AvgIpc) is 3.11. The van der Waals surface area contributed by atoms with E-state index in [1.54, 1.807) is 0 Å². The summed E-state index contributed by atoms with van der Waals surface area (Å²) >= 11 is 0. The fourth-order valence-electron chi connectivity index (χ4n) is 6.03. The molecule has 0 rings (SSSR count). The van der Waals surface area contributed by atoms with Crippen LogP contribution in [0.1, 0.15) is 206 Å². The number of rotatable bonds is 39. The van der Waals surface area contributed by atoms with Crippen molar-refractivity contribution < 1.29 is 19.4 Å². The Morgan fingerprint density at radius 2 is 0.918 bits per heavy atom. The molecule has 0 amide bonds. The molecule has 49 heavy (non-hydrogen) atoms. The fraction of sp³-hybridized carbons (Fsp3) is 0.800. The monoisotopic (exact) mass is 687 g/mol. The van der Waals surface area contributed by atoms with Crippen molar-refractivity contribution in [1.82, 2.24) is 0 Å². The quantitative estimate of drug-likeness (QED) is 0.0397. The molecule has 0 aliphatic heterocycles. The highest BCUT2D eigenvalue weighted by Gasteiger charge is 2.13. The summed E-state index contributed by atoms with van der Waals surface area (Å²) in [5, 5.41) is 9.59. The summed E-state index contributed by atoms with van der Waals surface area (Å²) in [6, 6.07) is 0. The molecule has 0 saturated heterocycles. The van der Waals surface area contributed by atoms with Gasteiger partial charge in [0.05, 0.1) is 13.2 Å². The van der Waals surface area contributed by atoms with Crippen LogP contribution in [0.4, 0.5) is 0 Å². The molecule has 0 spiro atoms. The first-order chi connectivity index (χ1) is 24.2. The van der Waals surface area contributed by atoms with E-state index in [0.717, 1.165) is 64.2 Å². The van der Waals surface area contributed by atoms with Gasteiger partial charge in [-0.15, -0.1) is 0 Å². The molecule has 286 valence electrons. The van der Waals surface area contributed by atoms with E-state index in [1.807, 2.05) is 0 Å². The lowest BCUT2D eigenvalue weighted by molar-refractivity contribution is -0.154. The Morgan fingerprint density at radius 1 is 0.510 bits per heavy atom. The molecule has 4 heteroatoms.